The normalized spacial score (nSPS) is 10.2. The molecule has 0 radical (unpaired) electrons. The molecule has 0 aliphatic heterocycles. The molecule has 0 spiro atoms. The van der Waals surface area contributed by atoms with Crippen molar-refractivity contribution in [1.29, 1.82) is 0 Å². The number of fused-ring (bicyclic) bond motifs is 1. The van der Waals surface area contributed by atoms with E-state index < -0.39 is 5.97 Å². The fourth-order valence-electron chi connectivity index (χ4n) is 1.32. The molecular formula is C11H8O2. The molecule has 13 heavy (non-hydrogen) atoms. The van der Waals surface area contributed by atoms with Gasteiger partial charge in [0.15, 0.2) is 0 Å². The minimum atomic E-state index is -0.884. The summed E-state index contributed by atoms with van der Waals surface area (Å²) in [6, 6.07) is 12.8. The molecule has 2 nitrogen and oxygen atoms in total. The van der Waals surface area contributed by atoms with Crippen molar-refractivity contribution in [1.82, 2.24) is 0 Å². The van der Waals surface area contributed by atoms with Gasteiger partial charge in [-0.15, -0.1) is 0 Å². The van der Waals surface area contributed by atoms with Crippen LogP contribution in [0, 0.1) is 0 Å². The molecule has 0 unspecified atom stereocenters. The summed E-state index contributed by atoms with van der Waals surface area (Å²) in [7, 11) is 0. The van der Waals surface area contributed by atoms with E-state index in [4.69, 9.17) is 5.11 Å². The van der Waals surface area contributed by atoms with Crippen molar-refractivity contribution in [3.63, 3.8) is 0 Å². The maximum absolute atomic E-state index is 10.6. The third-order valence-corrected chi connectivity index (χ3v) is 2.00. The highest BCUT2D eigenvalue weighted by molar-refractivity contribution is 5.94. The summed E-state index contributed by atoms with van der Waals surface area (Å²) in [4.78, 5) is 10.6. The first-order valence-corrected chi connectivity index (χ1v) is 3.99. The van der Waals surface area contributed by atoms with Crippen molar-refractivity contribution in [2.75, 3.05) is 0 Å². The van der Waals surface area contributed by atoms with E-state index in [1.807, 2.05) is 30.3 Å². The lowest BCUT2D eigenvalue weighted by atomic mass is 10.5. The van der Waals surface area contributed by atoms with Crippen LogP contribution in [0.2, 0.25) is 0 Å². The van der Waals surface area contributed by atoms with Crippen LogP contribution < -0.4 is 0 Å². The molecule has 1 N–H and O–H groups in total. The average Bonchev–Trinajstić information content (AvgIpc) is 2.17. The second-order valence-electron chi connectivity index (χ2n) is 2.87. The van der Waals surface area contributed by atoms with Gasteiger partial charge in [0.1, 0.15) is 0 Å². The zero-order valence-corrected chi connectivity index (χ0v) is 6.90. The molecule has 0 aliphatic carbocycles. The molecule has 0 aromatic heterocycles. The molecule has 2 aromatic rings. The largest absolute Gasteiger partial charge is 0.478 e. The second kappa shape index (κ2) is 2.90. The minimum Gasteiger partial charge on any atom is -0.478 e. The van der Waals surface area contributed by atoms with E-state index in [1.54, 1.807) is 12.1 Å². The van der Waals surface area contributed by atoms with Crippen LogP contribution >= 0.6 is 0 Å². The van der Waals surface area contributed by atoms with E-state index in [1.165, 1.54) is 0 Å². The molecule has 0 amide bonds. The summed E-state index contributed by atoms with van der Waals surface area (Å²) in [6.45, 7) is 0. The summed E-state index contributed by atoms with van der Waals surface area (Å²) in [5, 5.41) is 10.8. The first-order valence-electron chi connectivity index (χ1n) is 3.99. The van der Waals surface area contributed by atoms with Crippen LogP contribution in [0.3, 0.4) is 0 Å². The van der Waals surface area contributed by atoms with Gasteiger partial charge in [0.05, 0.1) is 5.56 Å². The van der Waals surface area contributed by atoms with E-state index in [0.717, 1.165) is 10.8 Å². The monoisotopic (exact) mass is 178 g/mol. The lowest BCUT2D eigenvalue weighted by Crippen LogP contribution is -1.94. The van der Waals surface area contributed by atoms with Crippen LogP contribution in [0.25, 0.3) is 10.8 Å². The first kappa shape index (κ1) is 7.80. The molecule has 0 saturated heterocycles. The van der Waals surface area contributed by atoms with Crippen molar-refractivity contribution in [2.45, 2.75) is 0 Å². The number of hydrogen-bond acceptors (Lipinski definition) is 1. The van der Waals surface area contributed by atoms with Gasteiger partial charge in [0, 0.05) is 0 Å². The van der Waals surface area contributed by atoms with E-state index >= 15 is 0 Å². The van der Waals surface area contributed by atoms with Crippen LogP contribution in [0.4, 0.5) is 0 Å². The smallest absolute Gasteiger partial charge is 0.335 e. The summed E-state index contributed by atoms with van der Waals surface area (Å²) in [5.74, 6) is -0.884. The zero-order valence-electron chi connectivity index (χ0n) is 6.90. The molecule has 0 saturated carbocycles. The highest BCUT2D eigenvalue weighted by Crippen LogP contribution is 2.15. The lowest BCUT2D eigenvalue weighted by Gasteiger charge is -1.98. The van der Waals surface area contributed by atoms with Gasteiger partial charge < -0.3 is 5.11 Å². The topological polar surface area (TPSA) is 37.3 Å². The second-order valence-corrected chi connectivity index (χ2v) is 2.87. The Morgan fingerprint density at radius 2 is 1.69 bits per heavy atom. The molecule has 2 heteroatoms. The Bertz CT molecular complexity index is 460. The number of carboxylic acids is 1. The molecule has 0 fully saturated rings. The van der Waals surface area contributed by atoms with Gasteiger partial charge in [-0.25, -0.2) is 4.79 Å². The number of rotatable bonds is 1. The fraction of sp³-hybridized carbons (Fsp3) is 0. The Balaban J connectivity index is 2.69. The Morgan fingerprint density at radius 1 is 1.00 bits per heavy atom. The average molecular weight is 178 g/mol. The van der Waals surface area contributed by atoms with Crippen molar-refractivity contribution in [2.24, 2.45) is 0 Å². The summed E-state index contributed by atoms with van der Waals surface area (Å²) in [6.07, 6.45) is 0. The predicted octanol–water partition coefficient (Wildman–Crippen LogP) is 2.54. The van der Waals surface area contributed by atoms with Gasteiger partial charge in [0.25, 0.3) is 0 Å². The highest BCUT2D eigenvalue weighted by atomic mass is 16.4. The van der Waals surface area contributed by atoms with Crippen molar-refractivity contribution in [3.05, 3.63) is 48.0 Å². The van der Waals surface area contributed by atoms with Crippen LogP contribution in [0.15, 0.2) is 42.5 Å². The predicted molar refractivity (Wildman–Crippen MR) is 50.9 cm³/mol. The molecule has 64 valence electrons. The van der Waals surface area contributed by atoms with Crippen molar-refractivity contribution < 1.29 is 9.90 Å². The number of hydrogen-bond donors (Lipinski definition) is 1. The highest BCUT2D eigenvalue weighted by Gasteiger charge is 2.01. The lowest BCUT2D eigenvalue weighted by molar-refractivity contribution is 0.0697. The van der Waals surface area contributed by atoms with Gasteiger partial charge in [-0.2, -0.15) is 0 Å². The zero-order chi connectivity index (χ0) is 9.26. The van der Waals surface area contributed by atoms with Gasteiger partial charge in [-0.3, -0.25) is 0 Å². The number of carboxylic acid groups (broad SMARTS) is 1. The molecular weight excluding hydrogens is 170 g/mol. The van der Waals surface area contributed by atoms with Gasteiger partial charge >= 0.3 is 5.97 Å². The molecule has 0 aliphatic rings. The van der Waals surface area contributed by atoms with Gasteiger partial charge in [-0.1, -0.05) is 30.3 Å². The summed E-state index contributed by atoms with van der Waals surface area (Å²) < 4.78 is 0. The molecule has 0 heterocycles. The SMILES string of the molecule is O=C(O)[13c]1[13cH][13cH][13c]2[13cH]cccc2[13cH]1. The van der Waals surface area contributed by atoms with E-state index in [2.05, 4.69) is 0 Å². The van der Waals surface area contributed by atoms with Gasteiger partial charge in [0.2, 0.25) is 0 Å². The standard InChI is InChI=1S/C11H8O2/c12-11(13)10-6-5-8-3-1-2-4-9(8)7-10/h1-7H,(H,12,13)/i3+1,5+1,6+1,7+1,8+1,10+1. The van der Waals surface area contributed by atoms with Crippen LogP contribution in [0.5, 0.6) is 0 Å². The fourth-order valence-corrected chi connectivity index (χ4v) is 1.32. The van der Waals surface area contributed by atoms with Crippen molar-refractivity contribution in [3.8, 4) is 0 Å². The van der Waals surface area contributed by atoms with E-state index in [0.29, 0.717) is 5.56 Å². The van der Waals surface area contributed by atoms with Crippen LogP contribution in [-0.4, -0.2) is 11.1 Å². The van der Waals surface area contributed by atoms with Gasteiger partial charge in [-0.05, 0) is 22.9 Å². The Labute approximate surface area is 75.4 Å². The quantitative estimate of drug-likeness (QED) is 0.728. The van der Waals surface area contributed by atoms with Crippen LogP contribution in [0.1, 0.15) is 10.4 Å². The third-order valence-electron chi connectivity index (χ3n) is 2.00. The van der Waals surface area contributed by atoms with E-state index in [-0.39, 0.29) is 0 Å². The molecule has 0 atom stereocenters. The number of aromatic carboxylic acids is 1. The Hall–Kier alpha value is -1.83. The Morgan fingerprint density at radius 3 is 2.38 bits per heavy atom. The third kappa shape index (κ3) is 1.38. The maximum atomic E-state index is 10.6. The van der Waals surface area contributed by atoms with E-state index in [9.17, 15) is 4.79 Å². The molecule has 2 aromatic carbocycles. The molecule has 0 bridgehead atoms. The summed E-state index contributed by atoms with van der Waals surface area (Å²) in [5.41, 5.74) is 0.332. The Kier molecular flexibility index (Phi) is 1.74. The minimum absolute atomic E-state index is 0.332. The number of benzene rings is 2. The molecule has 2 rings (SSSR count). The number of carbonyl (C=O) groups is 1. The van der Waals surface area contributed by atoms with Crippen LogP contribution in [-0.2, 0) is 0 Å². The maximum Gasteiger partial charge on any atom is 0.335 e. The van der Waals surface area contributed by atoms with Crippen molar-refractivity contribution >= 4 is 16.7 Å². The first-order chi connectivity index (χ1) is 6.27. The summed E-state index contributed by atoms with van der Waals surface area (Å²) >= 11 is 0.